The van der Waals surface area contributed by atoms with Crippen molar-refractivity contribution in [3.63, 3.8) is 0 Å². The third-order valence-electron chi connectivity index (χ3n) is 1.39. The van der Waals surface area contributed by atoms with E-state index >= 15 is 0 Å². The molecular weight excluding hydrogens is 373 g/mol. The minimum absolute atomic E-state index is 0.430. The predicted molar refractivity (Wildman–Crippen MR) is 33.8 cm³/mol. The van der Waals surface area contributed by atoms with Crippen LogP contribution in [0.1, 0.15) is 12.8 Å². The van der Waals surface area contributed by atoms with Gasteiger partial charge in [0.15, 0.2) is 0 Å². The molecule has 0 aromatic heterocycles. The van der Waals surface area contributed by atoms with E-state index in [1.807, 2.05) is 0 Å². The number of rotatable bonds is 2. The zero-order chi connectivity index (χ0) is 6.53. The van der Waals surface area contributed by atoms with Gasteiger partial charge in [0.2, 0.25) is 0 Å². The molecule has 1 heterocycles. The Morgan fingerprint density at radius 3 is 3.11 bits per heavy atom. The van der Waals surface area contributed by atoms with Crippen molar-refractivity contribution >= 4 is 11.9 Å². The standard InChI is InChI=1S/C5H9O2.BrH.Hg/c1-5-3-2-4-6-7-5;;/h5H,1-4H2;1H;/q;;+1/p-1. The first-order valence-corrected chi connectivity index (χ1v) is 19.1. The van der Waals surface area contributed by atoms with Crippen molar-refractivity contribution in [2.24, 2.45) is 0 Å². The Labute approximate surface area is 72.9 Å². The molecule has 0 aromatic carbocycles. The Kier molecular flexibility index (Phi) is 4.73. The van der Waals surface area contributed by atoms with E-state index in [4.69, 9.17) is 9.78 Å². The molecule has 4 heteroatoms. The second-order valence-corrected chi connectivity index (χ2v) is 12.8. The minimum atomic E-state index is -0.638. The van der Waals surface area contributed by atoms with Crippen LogP contribution in [0, 0.1) is 0 Å². The fourth-order valence-electron chi connectivity index (χ4n) is 0.877. The van der Waals surface area contributed by atoms with E-state index in [-0.39, 0.29) is 0 Å². The summed E-state index contributed by atoms with van der Waals surface area (Å²) in [6.45, 7) is 0.787. The molecule has 0 amide bonds. The Morgan fingerprint density at radius 2 is 2.56 bits per heavy atom. The molecule has 0 saturated carbocycles. The summed E-state index contributed by atoms with van der Waals surface area (Å²) in [5.74, 6) is 0. The van der Waals surface area contributed by atoms with Crippen molar-refractivity contribution in [2.75, 3.05) is 6.61 Å². The van der Waals surface area contributed by atoms with E-state index in [0.29, 0.717) is 6.10 Å². The third-order valence-corrected chi connectivity index (χ3v) is 8.76. The summed E-state index contributed by atoms with van der Waals surface area (Å²) in [7, 11) is 0. The second-order valence-electron chi connectivity index (χ2n) is 2.16. The monoisotopic (exact) mass is 382 g/mol. The Balaban J connectivity index is 2.08. The summed E-state index contributed by atoms with van der Waals surface area (Å²) in [6, 6.07) is 0. The van der Waals surface area contributed by atoms with Crippen molar-refractivity contribution in [2.45, 2.75) is 22.9 Å². The summed E-state index contributed by atoms with van der Waals surface area (Å²) in [6.07, 6.45) is 2.80. The molecule has 1 unspecified atom stereocenters. The Bertz CT molecular complexity index is 72.6. The molecule has 0 aliphatic carbocycles. The van der Waals surface area contributed by atoms with Gasteiger partial charge < -0.3 is 0 Å². The van der Waals surface area contributed by atoms with E-state index in [2.05, 4.69) is 11.9 Å². The van der Waals surface area contributed by atoms with Gasteiger partial charge in [-0.15, -0.1) is 0 Å². The van der Waals surface area contributed by atoms with Gasteiger partial charge in [0.25, 0.3) is 0 Å². The molecule has 0 radical (unpaired) electrons. The summed E-state index contributed by atoms with van der Waals surface area (Å²) in [5.41, 5.74) is 0. The molecule has 0 spiro atoms. The van der Waals surface area contributed by atoms with Crippen LogP contribution in [0.3, 0.4) is 0 Å². The maximum atomic E-state index is 5.04. The van der Waals surface area contributed by atoms with Gasteiger partial charge in [-0.2, -0.15) is 0 Å². The molecule has 50 valence electrons. The normalized spacial score (nSPS) is 27.4. The van der Waals surface area contributed by atoms with E-state index in [0.717, 1.165) is 6.61 Å². The quantitative estimate of drug-likeness (QED) is 0.537. The van der Waals surface area contributed by atoms with E-state index in [1.165, 1.54) is 16.8 Å². The van der Waals surface area contributed by atoms with Gasteiger partial charge in [0.05, 0.1) is 0 Å². The molecule has 1 fully saturated rings. The molecule has 1 aliphatic rings. The summed E-state index contributed by atoms with van der Waals surface area (Å²) in [5, 5.41) is 0. The second kappa shape index (κ2) is 5.05. The van der Waals surface area contributed by atoms with Crippen molar-refractivity contribution in [1.29, 1.82) is 0 Å². The number of hydrogen-bond donors (Lipinski definition) is 0. The first kappa shape index (κ1) is 8.43. The van der Waals surface area contributed by atoms with Crippen LogP contribution in [0.4, 0.5) is 0 Å². The van der Waals surface area contributed by atoms with Crippen LogP contribution in [0.15, 0.2) is 0 Å². The first-order chi connectivity index (χ1) is 4.43. The fourth-order valence-corrected chi connectivity index (χ4v) is 7.80. The van der Waals surface area contributed by atoms with E-state index < -0.39 is 22.1 Å². The third kappa shape index (κ3) is 3.30. The van der Waals surface area contributed by atoms with Crippen LogP contribution < -0.4 is 0 Å². The molecule has 0 aromatic rings. The summed E-state index contributed by atoms with van der Waals surface area (Å²) >= 11 is 2.93. The van der Waals surface area contributed by atoms with Crippen LogP contribution >= 0.6 is 11.9 Å². The van der Waals surface area contributed by atoms with Crippen LogP contribution in [-0.4, -0.2) is 12.7 Å². The number of hydrogen-bond acceptors (Lipinski definition) is 2. The van der Waals surface area contributed by atoms with Crippen LogP contribution in [0.5, 0.6) is 0 Å². The molecule has 0 bridgehead atoms. The van der Waals surface area contributed by atoms with Crippen LogP contribution in [-0.2, 0) is 31.9 Å². The average molecular weight is 382 g/mol. The predicted octanol–water partition coefficient (Wildman–Crippen LogP) is 1.91. The molecule has 1 atom stereocenters. The summed E-state index contributed by atoms with van der Waals surface area (Å²) in [4.78, 5) is 9.89. The van der Waals surface area contributed by atoms with Crippen LogP contribution in [0.2, 0.25) is 3.93 Å². The molecular formula is C5H9BrHgO2. The Hall–Kier alpha value is 1.34. The topological polar surface area (TPSA) is 18.5 Å². The van der Waals surface area contributed by atoms with Gasteiger partial charge in [-0.3, -0.25) is 0 Å². The van der Waals surface area contributed by atoms with Gasteiger partial charge >= 0.3 is 73.3 Å². The van der Waals surface area contributed by atoms with Crippen molar-refractivity contribution in [3.05, 3.63) is 0 Å². The zero-order valence-corrected chi connectivity index (χ0v) is 12.4. The van der Waals surface area contributed by atoms with Crippen molar-refractivity contribution in [3.8, 4) is 0 Å². The number of halogens is 1. The zero-order valence-electron chi connectivity index (χ0n) is 5.31. The summed E-state index contributed by atoms with van der Waals surface area (Å²) < 4.78 is 1.28. The first-order valence-electron chi connectivity index (χ1n) is 3.27. The van der Waals surface area contributed by atoms with Crippen molar-refractivity contribution < 1.29 is 31.9 Å². The maximum absolute atomic E-state index is 5.04. The fraction of sp³-hybridized carbons (Fsp3) is 1.00. The molecule has 9 heavy (non-hydrogen) atoms. The van der Waals surface area contributed by atoms with Crippen LogP contribution in [0.25, 0.3) is 0 Å². The van der Waals surface area contributed by atoms with Gasteiger partial charge in [-0.05, 0) is 0 Å². The SMILES string of the molecule is [Br][Hg][CH2]C1CCCOO1. The van der Waals surface area contributed by atoms with Gasteiger partial charge in [0, 0.05) is 0 Å². The molecule has 0 N–H and O–H groups in total. The van der Waals surface area contributed by atoms with Crippen molar-refractivity contribution in [1.82, 2.24) is 0 Å². The molecule has 1 rings (SSSR count). The molecule has 1 aliphatic heterocycles. The van der Waals surface area contributed by atoms with Gasteiger partial charge in [-0.25, -0.2) is 0 Å². The van der Waals surface area contributed by atoms with E-state index in [1.54, 1.807) is 0 Å². The molecule has 2 nitrogen and oxygen atoms in total. The average Bonchev–Trinajstić information content (AvgIpc) is 1.91. The molecule has 1 saturated heterocycles. The Morgan fingerprint density at radius 1 is 1.67 bits per heavy atom. The van der Waals surface area contributed by atoms with Gasteiger partial charge in [0.1, 0.15) is 0 Å². The van der Waals surface area contributed by atoms with Gasteiger partial charge in [-0.1, -0.05) is 0 Å². The van der Waals surface area contributed by atoms with E-state index in [9.17, 15) is 0 Å².